The van der Waals surface area contributed by atoms with Crippen LogP contribution in [0, 0.1) is 0 Å². The van der Waals surface area contributed by atoms with Crippen LogP contribution in [0.25, 0.3) is 0 Å². The van der Waals surface area contributed by atoms with Crippen LogP contribution in [0.4, 0.5) is 29.3 Å². The van der Waals surface area contributed by atoms with Crippen molar-refractivity contribution in [2.24, 2.45) is 0 Å². The predicted octanol–water partition coefficient (Wildman–Crippen LogP) is 4.45. The van der Waals surface area contributed by atoms with Gasteiger partial charge in [0.1, 0.15) is 5.75 Å². The van der Waals surface area contributed by atoms with Crippen molar-refractivity contribution in [2.45, 2.75) is 13.1 Å². The fourth-order valence-electron chi connectivity index (χ4n) is 2.04. The third-order valence-electron chi connectivity index (χ3n) is 3.20. The van der Waals surface area contributed by atoms with E-state index in [0.29, 0.717) is 5.69 Å². The Labute approximate surface area is 153 Å². The Morgan fingerprint density at radius 2 is 1.67 bits per heavy atom. The molecule has 2 amide bonds. The molecule has 0 saturated heterocycles. The van der Waals surface area contributed by atoms with Crippen molar-refractivity contribution >= 4 is 23.4 Å². The first-order valence-corrected chi connectivity index (χ1v) is 7.92. The summed E-state index contributed by atoms with van der Waals surface area (Å²) in [6, 6.07) is 11.7. The van der Waals surface area contributed by atoms with Crippen LogP contribution in [0.1, 0.15) is 17.3 Å². The third-order valence-corrected chi connectivity index (χ3v) is 3.20. The predicted molar refractivity (Wildman–Crippen MR) is 93.0 cm³/mol. The topological polar surface area (TPSA) is 76.7 Å². The zero-order valence-corrected chi connectivity index (χ0v) is 14.3. The Balaban J connectivity index is 2.04. The number of ether oxygens (including phenoxy) is 2. The van der Waals surface area contributed by atoms with Crippen LogP contribution in [0.15, 0.2) is 48.5 Å². The van der Waals surface area contributed by atoms with Crippen molar-refractivity contribution in [3.05, 3.63) is 54.1 Å². The summed E-state index contributed by atoms with van der Waals surface area (Å²) in [5, 5.41) is 4.98. The molecule has 0 aliphatic heterocycles. The molecule has 9 heteroatoms. The van der Waals surface area contributed by atoms with Crippen LogP contribution in [0.2, 0.25) is 0 Å². The number of nitrogens with one attached hydrogen (secondary N) is 2. The van der Waals surface area contributed by atoms with E-state index in [1.807, 2.05) is 0 Å². The van der Waals surface area contributed by atoms with Crippen molar-refractivity contribution in [3.8, 4) is 5.75 Å². The average molecular weight is 382 g/mol. The molecule has 0 radical (unpaired) electrons. The smallest absolute Gasteiger partial charge is 0.422 e. The molecule has 27 heavy (non-hydrogen) atoms. The van der Waals surface area contributed by atoms with E-state index in [2.05, 4.69) is 10.6 Å². The third kappa shape index (κ3) is 6.53. The van der Waals surface area contributed by atoms with Crippen LogP contribution in [0.3, 0.4) is 0 Å². The highest BCUT2D eigenvalue weighted by atomic mass is 19.4. The van der Waals surface area contributed by atoms with Gasteiger partial charge in [-0.1, -0.05) is 12.1 Å². The maximum absolute atomic E-state index is 12.3. The molecule has 2 aromatic carbocycles. The molecule has 0 aliphatic carbocycles. The Kier molecular flexibility index (Phi) is 6.64. The number of benzene rings is 2. The van der Waals surface area contributed by atoms with Gasteiger partial charge in [0.05, 0.1) is 12.3 Å². The number of carbonyl (C=O) groups excluding carboxylic acids is 2. The summed E-state index contributed by atoms with van der Waals surface area (Å²) in [4.78, 5) is 23.6. The van der Waals surface area contributed by atoms with Gasteiger partial charge in [0.25, 0.3) is 5.91 Å². The molecule has 0 heterocycles. The standard InChI is InChI=1S/C18H17F3N2O4/c1-2-26-17(25)22-13-9-7-12(8-10-13)16(24)23-14-5-3-4-6-15(14)27-11-18(19,20)21/h3-10H,2,11H2,1H3,(H,22,25)(H,23,24). The van der Waals surface area contributed by atoms with Gasteiger partial charge in [0.15, 0.2) is 6.61 Å². The van der Waals surface area contributed by atoms with E-state index in [9.17, 15) is 22.8 Å². The van der Waals surface area contributed by atoms with Gasteiger partial charge in [-0.05, 0) is 43.3 Å². The van der Waals surface area contributed by atoms with Crippen molar-refractivity contribution < 1.29 is 32.2 Å². The Morgan fingerprint density at radius 3 is 2.30 bits per heavy atom. The van der Waals surface area contributed by atoms with E-state index in [0.717, 1.165) is 0 Å². The number of anilines is 2. The maximum Gasteiger partial charge on any atom is 0.422 e. The lowest BCUT2D eigenvalue weighted by atomic mass is 10.2. The fraction of sp³-hybridized carbons (Fsp3) is 0.222. The van der Waals surface area contributed by atoms with Gasteiger partial charge in [-0.15, -0.1) is 0 Å². The number of alkyl halides is 3. The van der Waals surface area contributed by atoms with Crippen LogP contribution in [-0.4, -0.2) is 31.4 Å². The highest BCUT2D eigenvalue weighted by molar-refractivity contribution is 6.05. The molecule has 0 spiro atoms. The lowest BCUT2D eigenvalue weighted by molar-refractivity contribution is -0.153. The largest absolute Gasteiger partial charge is 0.482 e. The average Bonchev–Trinajstić information content (AvgIpc) is 2.61. The van der Waals surface area contributed by atoms with Crippen LogP contribution >= 0.6 is 0 Å². The number of carbonyl (C=O) groups is 2. The minimum atomic E-state index is -4.49. The number of rotatable bonds is 6. The molecule has 144 valence electrons. The van der Waals surface area contributed by atoms with Crippen LogP contribution < -0.4 is 15.4 Å². The van der Waals surface area contributed by atoms with E-state index in [4.69, 9.17) is 9.47 Å². The summed E-state index contributed by atoms with van der Waals surface area (Å²) < 4.78 is 46.4. The van der Waals surface area contributed by atoms with Crippen LogP contribution in [0.5, 0.6) is 5.75 Å². The monoisotopic (exact) mass is 382 g/mol. The molecular formula is C18H17F3N2O4. The zero-order chi connectivity index (χ0) is 19.9. The number of hydrogen-bond donors (Lipinski definition) is 2. The molecule has 0 atom stereocenters. The number of hydrogen-bond acceptors (Lipinski definition) is 4. The minimum Gasteiger partial charge on any atom is -0.482 e. The molecule has 2 rings (SSSR count). The fourth-order valence-corrected chi connectivity index (χ4v) is 2.04. The van der Waals surface area contributed by atoms with Gasteiger partial charge in [0, 0.05) is 11.3 Å². The first kappa shape index (κ1) is 20.1. The molecule has 0 unspecified atom stereocenters. The van der Waals surface area contributed by atoms with Crippen molar-refractivity contribution in [2.75, 3.05) is 23.8 Å². The van der Waals surface area contributed by atoms with Gasteiger partial charge in [0.2, 0.25) is 0 Å². The summed E-state index contributed by atoms with van der Waals surface area (Å²) >= 11 is 0. The first-order valence-electron chi connectivity index (χ1n) is 7.92. The lowest BCUT2D eigenvalue weighted by Crippen LogP contribution is -2.20. The summed E-state index contributed by atoms with van der Waals surface area (Å²) in [6.07, 6.45) is -5.11. The molecular weight excluding hydrogens is 365 g/mol. The normalized spacial score (nSPS) is 10.8. The lowest BCUT2D eigenvalue weighted by Gasteiger charge is -2.14. The summed E-state index contributed by atoms with van der Waals surface area (Å²) in [5.74, 6) is -0.635. The molecule has 0 aliphatic rings. The van der Waals surface area contributed by atoms with E-state index in [-0.39, 0.29) is 23.6 Å². The van der Waals surface area contributed by atoms with E-state index in [1.54, 1.807) is 13.0 Å². The molecule has 0 saturated carbocycles. The number of para-hydroxylation sites is 2. The SMILES string of the molecule is CCOC(=O)Nc1ccc(C(=O)Nc2ccccc2OCC(F)(F)F)cc1. The van der Waals surface area contributed by atoms with Crippen molar-refractivity contribution in [3.63, 3.8) is 0 Å². The molecule has 0 aromatic heterocycles. The number of halogens is 3. The summed E-state index contributed by atoms with van der Waals surface area (Å²) in [6.45, 7) is 0.430. The number of amides is 2. The van der Waals surface area contributed by atoms with Crippen molar-refractivity contribution in [1.82, 2.24) is 0 Å². The van der Waals surface area contributed by atoms with Crippen molar-refractivity contribution in [1.29, 1.82) is 0 Å². The molecule has 0 fully saturated rings. The maximum atomic E-state index is 12.3. The summed E-state index contributed by atoms with van der Waals surface area (Å²) in [5.41, 5.74) is 0.786. The second-order valence-corrected chi connectivity index (χ2v) is 5.28. The van der Waals surface area contributed by atoms with E-state index < -0.39 is 24.8 Å². The van der Waals surface area contributed by atoms with Gasteiger partial charge in [-0.25, -0.2) is 4.79 Å². The second-order valence-electron chi connectivity index (χ2n) is 5.28. The van der Waals surface area contributed by atoms with Crippen LogP contribution in [-0.2, 0) is 4.74 Å². The zero-order valence-electron chi connectivity index (χ0n) is 14.3. The Morgan fingerprint density at radius 1 is 1.00 bits per heavy atom. The quantitative estimate of drug-likeness (QED) is 0.774. The minimum absolute atomic E-state index is 0.0937. The first-order chi connectivity index (χ1) is 12.8. The Hall–Kier alpha value is -3.23. The molecule has 6 nitrogen and oxygen atoms in total. The van der Waals surface area contributed by atoms with Gasteiger partial charge >= 0.3 is 12.3 Å². The van der Waals surface area contributed by atoms with Gasteiger partial charge in [-0.3, -0.25) is 10.1 Å². The van der Waals surface area contributed by atoms with Gasteiger partial charge < -0.3 is 14.8 Å². The van der Waals surface area contributed by atoms with Gasteiger partial charge in [-0.2, -0.15) is 13.2 Å². The molecule has 2 N–H and O–H groups in total. The molecule has 2 aromatic rings. The second kappa shape index (κ2) is 8.93. The highest BCUT2D eigenvalue weighted by Crippen LogP contribution is 2.27. The Bertz CT molecular complexity index is 792. The van der Waals surface area contributed by atoms with E-state index >= 15 is 0 Å². The molecule has 0 bridgehead atoms. The van der Waals surface area contributed by atoms with E-state index in [1.165, 1.54) is 42.5 Å². The highest BCUT2D eigenvalue weighted by Gasteiger charge is 2.28. The summed E-state index contributed by atoms with van der Waals surface area (Å²) in [7, 11) is 0.